The van der Waals surface area contributed by atoms with Crippen LogP contribution in [-0.2, 0) is 18.2 Å². The van der Waals surface area contributed by atoms with Crippen LogP contribution in [0.15, 0.2) is 24.8 Å². The summed E-state index contributed by atoms with van der Waals surface area (Å²) < 4.78 is 30.9. The molecule has 2 aromatic rings. The molecule has 2 aromatic heterocycles. The number of amides is 1. The number of pyridine rings is 1. The number of fused-ring (bicyclic) bond motifs is 1. The fourth-order valence-electron chi connectivity index (χ4n) is 3.58. The largest absolute Gasteiger partial charge is 0.443 e. The minimum atomic E-state index is -2.65. The molecule has 28 heavy (non-hydrogen) atoms. The first-order valence-electron chi connectivity index (χ1n) is 9.13. The van der Waals surface area contributed by atoms with Gasteiger partial charge >= 0.3 is 6.09 Å². The van der Waals surface area contributed by atoms with Crippen LogP contribution in [-0.4, -0.2) is 64.7 Å². The lowest BCUT2D eigenvalue weighted by atomic mass is 10.1. The number of alkyl halides is 2. The Balaban J connectivity index is 1.45. The van der Waals surface area contributed by atoms with E-state index in [2.05, 4.69) is 25.7 Å². The molecule has 0 radical (unpaired) electrons. The summed E-state index contributed by atoms with van der Waals surface area (Å²) in [6.45, 7) is 1.20. The number of allylic oxidation sites excluding steroid dienone is 1. The number of carbonyl (C=O) groups is 1. The van der Waals surface area contributed by atoms with E-state index in [0.717, 1.165) is 34.6 Å². The summed E-state index contributed by atoms with van der Waals surface area (Å²) in [6, 6.07) is 1.97. The van der Waals surface area contributed by atoms with Crippen molar-refractivity contribution >= 4 is 23.4 Å². The van der Waals surface area contributed by atoms with Crippen molar-refractivity contribution in [1.82, 2.24) is 19.4 Å². The van der Waals surface area contributed by atoms with E-state index in [1.165, 1.54) is 4.90 Å². The maximum atomic E-state index is 12.2. The summed E-state index contributed by atoms with van der Waals surface area (Å²) in [7, 11) is 1.94. The van der Waals surface area contributed by atoms with E-state index in [-0.39, 0.29) is 0 Å². The lowest BCUT2D eigenvalue weighted by Crippen LogP contribution is -2.49. The van der Waals surface area contributed by atoms with Crippen molar-refractivity contribution in [2.75, 3.05) is 37.7 Å². The molecule has 1 amide bonds. The molecular formula is C19H21F2N5O2. The highest BCUT2D eigenvalue weighted by Crippen LogP contribution is 2.35. The first-order chi connectivity index (χ1) is 13.5. The van der Waals surface area contributed by atoms with Gasteiger partial charge in [0, 0.05) is 63.3 Å². The van der Waals surface area contributed by atoms with Gasteiger partial charge in [0.05, 0.1) is 17.7 Å². The molecule has 9 heteroatoms. The van der Waals surface area contributed by atoms with Crippen LogP contribution in [0.2, 0.25) is 0 Å². The van der Waals surface area contributed by atoms with Crippen LogP contribution >= 0.6 is 0 Å². The summed E-state index contributed by atoms with van der Waals surface area (Å²) in [5.74, 6) is 0. The normalized spacial score (nSPS) is 16.4. The Hall–Kier alpha value is -2.97. The summed E-state index contributed by atoms with van der Waals surface area (Å²) >= 11 is 0. The second kappa shape index (κ2) is 7.57. The van der Waals surface area contributed by atoms with Gasteiger partial charge in [0.2, 0.25) is 0 Å². The number of hydrogen-bond acceptors (Lipinski definition) is 5. The highest BCUT2D eigenvalue weighted by molar-refractivity contribution is 5.91. The Morgan fingerprint density at radius 3 is 2.71 bits per heavy atom. The average molecular weight is 389 g/mol. The van der Waals surface area contributed by atoms with Crippen molar-refractivity contribution < 1.29 is 18.3 Å². The Morgan fingerprint density at radius 2 is 2.04 bits per heavy atom. The number of nitrogens with zero attached hydrogens (tertiary/aromatic N) is 5. The standard InChI is InChI=1S/C19H21F2N5O2/c1-24-10-16(23-12-24)13-8-14-15(9-13)22-3-2-17(14)25-4-6-26(7-5-25)19(27)28-11-18(20)21/h2-3,8,10,12,18H,4-7,9,11H2,1H3. The zero-order chi connectivity index (χ0) is 19.7. The summed E-state index contributed by atoms with van der Waals surface area (Å²) in [6.07, 6.45) is 5.10. The van der Waals surface area contributed by atoms with E-state index in [9.17, 15) is 13.6 Å². The number of imidazole rings is 1. The third-order valence-electron chi connectivity index (χ3n) is 4.97. The van der Waals surface area contributed by atoms with E-state index in [4.69, 9.17) is 0 Å². The number of halogens is 2. The van der Waals surface area contributed by atoms with Gasteiger partial charge in [0.1, 0.15) is 0 Å². The number of hydrogen-bond donors (Lipinski definition) is 0. The van der Waals surface area contributed by atoms with Gasteiger partial charge in [0.25, 0.3) is 6.43 Å². The number of piperazine rings is 1. The number of aromatic nitrogens is 3. The molecule has 1 aliphatic heterocycles. The highest BCUT2D eigenvalue weighted by Gasteiger charge is 2.27. The van der Waals surface area contributed by atoms with Crippen LogP contribution in [0.3, 0.4) is 0 Å². The number of carbonyl (C=O) groups excluding carboxylic acids is 1. The molecule has 0 spiro atoms. The number of ether oxygens (including phenoxy) is 1. The van der Waals surface area contributed by atoms with Gasteiger partial charge < -0.3 is 19.1 Å². The van der Waals surface area contributed by atoms with Crippen molar-refractivity contribution in [2.24, 2.45) is 7.05 Å². The van der Waals surface area contributed by atoms with Crippen molar-refractivity contribution in [3.05, 3.63) is 41.7 Å². The molecule has 2 aliphatic rings. The van der Waals surface area contributed by atoms with Gasteiger partial charge in [-0.05, 0) is 17.7 Å². The molecule has 0 saturated carbocycles. The molecule has 4 rings (SSSR count). The fourth-order valence-corrected chi connectivity index (χ4v) is 3.58. The Kier molecular flexibility index (Phi) is 4.97. The number of aryl methyl sites for hydroxylation is 1. The zero-order valence-corrected chi connectivity index (χ0v) is 15.5. The third kappa shape index (κ3) is 3.69. The third-order valence-corrected chi connectivity index (χ3v) is 4.97. The van der Waals surface area contributed by atoms with Crippen LogP contribution in [0.1, 0.15) is 17.0 Å². The second-order valence-electron chi connectivity index (χ2n) is 6.90. The van der Waals surface area contributed by atoms with Crippen LogP contribution in [0, 0.1) is 0 Å². The van der Waals surface area contributed by atoms with Crippen molar-refractivity contribution in [3.63, 3.8) is 0 Å². The van der Waals surface area contributed by atoms with Crippen LogP contribution in [0.4, 0.5) is 19.3 Å². The molecule has 0 aromatic carbocycles. The van der Waals surface area contributed by atoms with Crippen LogP contribution in [0.5, 0.6) is 0 Å². The lowest BCUT2D eigenvalue weighted by Gasteiger charge is -2.36. The van der Waals surface area contributed by atoms with E-state index in [1.807, 2.05) is 23.9 Å². The van der Waals surface area contributed by atoms with Crippen LogP contribution in [0.25, 0.3) is 11.6 Å². The van der Waals surface area contributed by atoms with E-state index >= 15 is 0 Å². The summed E-state index contributed by atoms with van der Waals surface area (Å²) in [5.41, 5.74) is 5.23. The van der Waals surface area contributed by atoms with Gasteiger partial charge in [-0.15, -0.1) is 0 Å². The minimum absolute atomic E-state index is 0.427. The van der Waals surface area contributed by atoms with Gasteiger partial charge in [-0.3, -0.25) is 4.98 Å². The van der Waals surface area contributed by atoms with Crippen molar-refractivity contribution in [1.29, 1.82) is 0 Å². The van der Waals surface area contributed by atoms with E-state index in [1.54, 1.807) is 12.5 Å². The van der Waals surface area contributed by atoms with Gasteiger partial charge in [-0.2, -0.15) is 0 Å². The summed E-state index contributed by atoms with van der Waals surface area (Å²) in [5, 5.41) is 0. The fraction of sp³-hybridized carbons (Fsp3) is 0.421. The molecule has 0 N–H and O–H groups in total. The maximum Gasteiger partial charge on any atom is 0.410 e. The first kappa shape index (κ1) is 18.4. The Morgan fingerprint density at radius 1 is 1.25 bits per heavy atom. The molecule has 7 nitrogen and oxygen atoms in total. The van der Waals surface area contributed by atoms with Gasteiger partial charge in [0.15, 0.2) is 6.61 Å². The highest BCUT2D eigenvalue weighted by atomic mass is 19.3. The minimum Gasteiger partial charge on any atom is -0.443 e. The van der Waals surface area contributed by atoms with Crippen molar-refractivity contribution in [3.8, 4) is 0 Å². The number of anilines is 1. The molecular weight excluding hydrogens is 368 g/mol. The van der Waals surface area contributed by atoms with Crippen molar-refractivity contribution in [2.45, 2.75) is 12.8 Å². The van der Waals surface area contributed by atoms with Gasteiger partial charge in [-0.25, -0.2) is 18.6 Å². The lowest BCUT2D eigenvalue weighted by molar-refractivity contribution is 0.0311. The maximum absolute atomic E-state index is 12.2. The molecule has 0 bridgehead atoms. The molecule has 1 aliphatic carbocycles. The second-order valence-corrected chi connectivity index (χ2v) is 6.90. The Labute approximate surface area is 161 Å². The molecule has 0 atom stereocenters. The molecule has 148 valence electrons. The quantitative estimate of drug-likeness (QED) is 0.804. The van der Waals surface area contributed by atoms with Crippen LogP contribution < -0.4 is 4.90 Å². The molecule has 1 saturated heterocycles. The first-order valence-corrected chi connectivity index (χ1v) is 9.13. The van der Waals surface area contributed by atoms with E-state index in [0.29, 0.717) is 26.2 Å². The molecule has 1 fully saturated rings. The summed E-state index contributed by atoms with van der Waals surface area (Å²) in [4.78, 5) is 24.5. The SMILES string of the molecule is Cn1cnc(C2=Cc3c(N4CCN(C(=O)OCC(F)F)CC4)ccnc3C2)c1. The Bertz CT molecular complexity index is 903. The average Bonchev–Trinajstić information content (AvgIpc) is 3.32. The monoisotopic (exact) mass is 389 g/mol. The predicted molar refractivity (Wildman–Crippen MR) is 100 cm³/mol. The molecule has 3 heterocycles. The number of rotatable bonds is 4. The zero-order valence-electron chi connectivity index (χ0n) is 15.5. The topological polar surface area (TPSA) is 63.5 Å². The predicted octanol–water partition coefficient (Wildman–Crippen LogP) is 2.44. The smallest absolute Gasteiger partial charge is 0.410 e. The van der Waals surface area contributed by atoms with Gasteiger partial charge in [-0.1, -0.05) is 0 Å². The van der Waals surface area contributed by atoms with E-state index < -0.39 is 19.1 Å². The molecule has 0 unspecified atom stereocenters.